The van der Waals surface area contributed by atoms with E-state index in [1.165, 1.54) is 30.2 Å². The van der Waals surface area contributed by atoms with Gasteiger partial charge in [0.25, 0.3) is 0 Å². The Morgan fingerprint density at radius 2 is 2.14 bits per heavy atom. The lowest BCUT2D eigenvalue weighted by molar-refractivity contribution is -0.113. The standard InChI is InChI=1S/C19H14ClFN4O2S/c1-27-11-3-5-14-12(7-11)17-18(25-14)19(23-9-22-17)28-8-16(26)24-15-4-2-10(20)6-13(15)21/h2-7,9,25H,8H2,1H3,(H,24,26). The fourth-order valence-corrected chi connectivity index (χ4v) is 3.71. The van der Waals surface area contributed by atoms with Crippen molar-refractivity contribution in [3.63, 3.8) is 0 Å². The summed E-state index contributed by atoms with van der Waals surface area (Å²) < 4.78 is 19.1. The molecule has 2 aromatic heterocycles. The normalized spacial score (nSPS) is 11.1. The monoisotopic (exact) mass is 416 g/mol. The summed E-state index contributed by atoms with van der Waals surface area (Å²) in [6, 6.07) is 9.74. The lowest BCUT2D eigenvalue weighted by atomic mass is 10.2. The number of thioether (sulfide) groups is 1. The fourth-order valence-electron chi connectivity index (χ4n) is 2.80. The summed E-state index contributed by atoms with van der Waals surface area (Å²) >= 11 is 6.96. The molecule has 0 radical (unpaired) electrons. The van der Waals surface area contributed by atoms with E-state index in [1.807, 2.05) is 18.2 Å². The number of carbonyl (C=O) groups is 1. The highest BCUT2D eigenvalue weighted by Crippen LogP contribution is 2.31. The van der Waals surface area contributed by atoms with Gasteiger partial charge in [0.05, 0.1) is 24.1 Å². The van der Waals surface area contributed by atoms with Crippen LogP contribution in [0.4, 0.5) is 10.1 Å². The first-order chi connectivity index (χ1) is 13.5. The molecule has 0 spiro atoms. The molecule has 1 amide bonds. The number of hydrogen-bond acceptors (Lipinski definition) is 5. The highest BCUT2D eigenvalue weighted by Gasteiger charge is 2.14. The number of ether oxygens (including phenoxy) is 1. The number of benzene rings is 2. The third-order valence-corrected chi connectivity index (χ3v) is 5.32. The molecule has 0 unspecified atom stereocenters. The highest BCUT2D eigenvalue weighted by molar-refractivity contribution is 8.00. The number of nitrogens with one attached hydrogen (secondary N) is 2. The van der Waals surface area contributed by atoms with E-state index < -0.39 is 5.82 Å². The van der Waals surface area contributed by atoms with Gasteiger partial charge in [-0.3, -0.25) is 4.79 Å². The number of fused-ring (bicyclic) bond motifs is 3. The lowest BCUT2D eigenvalue weighted by Crippen LogP contribution is -2.15. The summed E-state index contributed by atoms with van der Waals surface area (Å²) in [7, 11) is 1.61. The van der Waals surface area contributed by atoms with Gasteiger partial charge in [-0.15, -0.1) is 0 Å². The molecule has 0 aliphatic carbocycles. The number of nitrogens with zero attached hydrogens (tertiary/aromatic N) is 2. The third-order valence-electron chi connectivity index (χ3n) is 4.10. The minimum atomic E-state index is -0.583. The lowest BCUT2D eigenvalue weighted by Gasteiger charge is -2.06. The van der Waals surface area contributed by atoms with Crippen LogP contribution in [0.1, 0.15) is 0 Å². The second-order valence-corrected chi connectivity index (χ2v) is 7.30. The zero-order valence-corrected chi connectivity index (χ0v) is 16.2. The Bertz CT molecular complexity index is 1200. The van der Waals surface area contributed by atoms with Crippen LogP contribution in [0.2, 0.25) is 5.02 Å². The number of carbonyl (C=O) groups excluding carboxylic acids is 1. The second-order valence-electron chi connectivity index (χ2n) is 5.90. The molecule has 2 aromatic carbocycles. The van der Waals surface area contributed by atoms with Crippen LogP contribution in [0.15, 0.2) is 47.8 Å². The van der Waals surface area contributed by atoms with Crippen LogP contribution in [0.3, 0.4) is 0 Å². The van der Waals surface area contributed by atoms with Crippen LogP contribution in [-0.2, 0) is 4.79 Å². The Labute approximate surface area is 168 Å². The summed E-state index contributed by atoms with van der Waals surface area (Å²) in [4.78, 5) is 24.1. The molecule has 0 saturated carbocycles. The Balaban J connectivity index is 1.55. The Kier molecular flexibility index (Phi) is 5.06. The van der Waals surface area contributed by atoms with E-state index >= 15 is 0 Å². The van der Waals surface area contributed by atoms with Gasteiger partial charge in [-0.25, -0.2) is 14.4 Å². The average Bonchev–Trinajstić information content (AvgIpc) is 3.07. The predicted molar refractivity (Wildman–Crippen MR) is 109 cm³/mol. The zero-order valence-electron chi connectivity index (χ0n) is 14.6. The summed E-state index contributed by atoms with van der Waals surface area (Å²) in [6.07, 6.45) is 1.45. The number of rotatable bonds is 5. The molecule has 4 rings (SSSR count). The molecule has 0 atom stereocenters. The number of aromatic amines is 1. The summed E-state index contributed by atoms with van der Waals surface area (Å²) in [5, 5.41) is 4.34. The first-order valence-electron chi connectivity index (χ1n) is 8.23. The topological polar surface area (TPSA) is 79.9 Å². The van der Waals surface area contributed by atoms with Gasteiger partial charge in [0.1, 0.15) is 28.4 Å². The smallest absolute Gasteiger partial charge is 0.234 e. The van der Waals surface area contributed by atoms with E-state index in [-0.39, 0.29) is 22.4 Å². The van der Waals surface area contributed by atoms with Crippen LogP contribution in [0.5, 0.6) is 5.75 Å². The van der Waals surface area contributed by atoms with E-state index in [9.17, 15) is 9.18 Å². The van der Waals surface area contributed by atoms with Gasteiger partial charge >= 0.3 is 0 Å². The molecule has 0 bridgehead atoms. The summed E-state index contributed by atoms with van der Waals surface area (Å²) in [6.45, 7) is 0. The summed E-state index contributed by atoms with van der Waals surface area (Å²) in [5.74, 6) is -0.145. The van der Waals surface area contributed by atoms with E-state index in [4.69, 9.17) is 16.3 Å². The minimum absolute atomic E-state index is 0.0624. The van der Waals surface area contributed by atoms with Gasteiger partial charge in [-0.2, -0.15) is 0 Å². The van der Waals surface area contributed by atoms with Crippen molar-refractivity contribution in [1.82, 2.24) is 15.0 Å². The van der Waals surface area contributed by atoms with Gasteiger partial charge in [-0.1, -0.05) is 23.4 Å². The van der Waals surface area contributed by atoms with Crippen LogP contribution in [0, 0.1) is 5.82 Å². The molecule has 0 fully saturated rings. The molecule has 0 aliphatic heterocycles. The maximum Gasteiger partial charge on any atom is 0.234 e. The zero-order chi connectivity index (χ0) is 19.7. The van der Waals surface area contributed by atoms with Crippen LogP contribution >= 0.6 is 23.4 Å². The van der Waals surface area contributed by atoms with Gasteiger partial charge in [0, 0.05) is 15.9 Å². The van der Waals surface area contributed by atoms with E-state index in [0.29, 0.717) is 5.03 Å². The molecule has 142 valence electrons. The molecular weight excluding hydrogens is 403 g/mol. The van der Waals surface area contributed by atoms with Gasteiger partial charge in [0.15, 0.2) is 0 Å². The number of hydrogen-bond donors (Lipinski definition) is 2. The van der Waals surface area contributed by atoms with Crippen molar-refractivity contribution >= 4 is 56.9 Å². The fraction of sp³-hybridized carbons (Fsp3) is 0.105. The maximum absolute atomic E-state index is 13.8. The van der Waals surface area contributed by atoms with Crippen molar-refractivity contribution < 1.29 is 13.9 Å². The molecule has 6 nitrogen and oxygen atoms in total. The first-order valence-corrected chi connectivity index (χ1v) is 9.59. The quantitative estimate of drug-likeness (QED) is 0.366. The van der Waals surface area contributed by atoms with Crippen molar-refractivity contribution in [2.24, 2.45) is 0 Å². The number of H-pyrrole nitrogens is 1. The summed E-state index contributed by atoms with van der Waals surface area (Å²) in [5.41, 5.74) is 2.46. The van der Waals surface area contributed by atoms with Crippen LogP contribution < -0.4 is 10.1 Å². The highest BCUT2D eigenvalue weighted by atomic mass is 35.5. The van der Waals surface area contributed by atoms with E-state index in [2.05, 4.69) is 20.3 Å². The predicted octanol–water partition coefficient (Wildman–Crippen LogP) is 4.64. The Morgan fingerprint density at radius 3 is 2.93 bits per heavy atom. The van der Waals surface area contributed by atoms with E-state index in [0.717, 1.165) is 33.8 Å². The third kappa shape index (κ3) is 3.61. The van der Waals surface area contributed by atoms with Crippen molar-refractivity contribution in [2.45, 2.75) is 5.03 Å². The van der Waals surface area contributed by atoms with E-state index in [1.54, 1.807) is 7.11 Å². The molecule has 0 aliphatic rings. The molecule has 2 heterocycles. The van der Waals surface area contributed by atoms with Crippen molar-refractivity contribution in [3.8, 4) is 5.75 Å². The maximum atomic E-state index is 13.8. The average molecular weight is 417 g/mol. The van der Waals surface area contributed by atoms with Gasteiger partial charge in [-0.05, 0) is 36.4 Å². The number of anilines is 1. The number of methoxy groups -OCH3 is 1. The van der Waals surface area contributed by atoms with Crippen LogP contribution in [-0.4, -0.2) is 33.7 Å². The van der Waals surface area contributed by atoms with Crippen LogP contribution in [0.25, 0.3) is 21.9 Å². The molecule has 9 heteroatoms. The molecule has 4 aromatic rings. The Hall–Kier alpha value is -2.84. The van der Waals surface area contributed by atoms with Crippen molar-refractivity contribution in [3.05, 3.63) is 53.6 Å². The number of aromatic nitrogens is 3. The molecular formula is C19H14ClFN4O2S. The van der Waals surface area contributed by atoms with Gasteiger partial charge in [0.2, 0.25) is 5.91 Å². The van der Waals surface area contributed by atoms with Crippen molar-refractivity contribution in [2.75, 3.05) is 18.2 Å². The first kappa shape index (κ1) is 18.5. The van der Waals surface area contributed by atoms with Gasteiger partial charge < -0.3 is 15.0 Å². The van der Waals surface area contributed by atoms with Crippen molar-refractivity contribution in [1.29, 1.82) is 0 Å². The number of halogens is 2. The molecule has 0 saturated heterocycles. The SMILES string of the molecule is COc1ccc2[nH]c3c(SCC(=O)Nc4ccc(Cl)cc4F)ncnc3c2c1. The molecule has 28 heavy (non-hydrogen) atoms. The largest absolute Gasteiger partial charge is 0.497 e. The second kappa shape index (κ2) is 7.65. The Morgan fingerprint density at radius 1 is 1.29 bits per heavy atom. The minimum Gasteiger partial charge on any atom is -0.497 e. The number of amides is 1. The molecule has 2 N–H and O–H groups in total.